The van der Waals surface area contributed by atoms with Gasteiger partial charge in [0, 0.05) is 36.3 Å². The summed E-state index contributed by atoms with van der Waals surface area (Å²) < 4.78 is 0. The van der Waals surface area contributed by atoms with Crippen molar-refractivity contribution in [2.24, 2.45) is 17.8 Å². The summed E-state index contributed by atoms with van der Waals surface area (Å²) in [6.07, 6.45) is 13.5. The number of fused-ring (bicyclic) bond motifs is 10. The predicted molar refractivity (Wildman–Crippen MR) is 243 cm³/mol. The highest BCUT2D eigenvalue weighted by Crippen LogP contribution is 2.59. The molecular formula is C51H65N9O2. The van der Waals surface area contributed by atoms with Crippen molar-refractivity contribution in [1.29, 1.82) is 0 Å². The summed E-state index contributed by atoms with van der Waals surface area (Å²) in [6, 6.07) is 9.47. The van der Waals surface area contributed by atoms with Gasteiger partial charge in [0.2, 0.25) is 11.8 Å². The van der Waals surface area contributed by atoms with Gasteiger partial charge >= 0.3 is 0 Å². The fraction of sp³-hybridized carbons (Fsp3) is 0.569. The molecule has 2 aromatic carbocycles. The summed E-state index contributed by atoms with van der Waals surface area (Å²) in [7, 11) is 3.76. The van der Waals surface area contributed by atoms with Crippen molar-refractivity contribution in [3.05, 3.63) is 81.8 Å². The molecule has 6 aliphatic rings. The van der Waals surface area contributed by atoms with E-state index in [1.807, 2.05) is 36.3 Å². The summed E-state index contributed by atoms with van der Waals surface area (Å²) in [5.74, 6) is 11.3. The number of benzene rings is 2. The third-order valence-electron chi connectivity index (χ3n) is 15.5. The monoisotopic (exact) mass is 836 g/mol. The second kappa shape index (κ2) is 16.4. The molecule has 4 aliphatic heterocycles. The molecule has 9 atom stereocenters. The van der Waals surface area contributed by atoms with Crippen molar-refractivity contribution < 1.29 is 9.59 Å². The van der Waals surface area contributed by atoms with E-state index >= 15 is 0 Å². The Morgan fingerprint density at radius 2 is 1.23 bits per heavy atom. The number of carbonyl (C=O) groups is 2. The average molecular weight is 836 g/mol. The SMILES string of the molecule is CNC(C(=O)N1CCCC1c1ncc(C#Cc2ccc(-c3ccc(-c4cnc(C5CCCN5C(=O)C(NC)C(C)C)[nH]4)c4c3C3CC(C)CC4N3)c3c2C2CCC3C2)[nH]1)C(C)C. The van der Waals surface area contributed by atoms with E-state index in [1.54, 1.807) is 0 Å². The zero-order valence-electron chi connectivity index (χ0n) is 37.7. The van der Waals surface area contributed by atoms with Crippen LogP contribution in [-0.2, 0) is 9.59 Å². The molecule has 62 heavy (non-hydrogen) atoms. The van der Waals surface area contributed by atoms with Crippen LogP contribution in [0.4, 0.5) is 0 Å². The van der Waals surface area contributed by atoms with Crippen LogP contribution in [0.1, 0.15) is 174 Å². The van der Waals surface area contributed by atoms with Crippen LogP contribution in [-0.4, -0.2) is 80.8 Å². The van der Waals surface area contributed by atoms with E-state index in [9.17, 15) is 9.59 Å². The topological polar surface area (TPSA) is 134 Å². The summed E-state index contributed by atoms with van der Waals surface area (Å²) >= 11 is 0. The van der Waals surface area contributed by atoms with E-state index < -0.39 is 0 Å². The van der Waals surface area contributed by atoms with Gasteiger partial charge in [0.05, 0.1) is 42.3 Å². The second-order valence-electron chi connectivity index (χ2n) is 20.0. The maximum Gasteiger partial charge on any atom is 0.240 e. The molecular weight excluding hydrogens is 771 g/mol. The van der Waals surface area contributed by atoms with Crippen molar-refractivity contribution in [2.75, 3.05) is 27.2 Å². The number of nitrogens with one attached hydrogen (secondary N) is 5. The first-order chi connectivity index (χ1) is 30.0. The van der Waals surface area contributed by atoms with Crippen molar-refractivity contribution >= 4 is 11.8 Å². The molecule has 3 saturated heterocycles. The highest BCUT2D eigenvalue weighted by Gasteiger charge is 2.44. The number of H-pyrrole nitrogens is 2. The minimum Gasteiger partial charge on any atom is -0.340 e. The Labute approximate surface area is 367 Å². The van der Waals surface area contributed by atoms with E-state index in [1.165, 1.54) is 58.2 Å². The van der Waals surface area contributed by atoms with Gasteiger partial charge in [-0.15, -0.1) is 0 Å². The van der Waals surface area contributed by atoms with Crippen LogP contribution in [0.3, 0.4) is 0 Å². The highest BCUT2D eigenvalue weighted by atomic mass is 16.2. The Bertz CT molecular complexity index is 2440. The Morgan fingerprint density at radius 1 is 0.677 bits per heavy atom. The van der Waals surface area contributed by atoms with Crippen LogP contribution < -0.4 is 16.0 Å². The van der Waals surface area contributed by atoms with Gasteiger partial charge < -0.3 is 35.7 Å². The molecule has 11 heteroatoms. The number of likely N-dealkylation sites (N-methyl/N-ethyl adjacent to an activating group) is 2. The molecule has 0 spiro atoms. The predicted octanol–water partition coefficient (Wildman–Crippen LogP) is 8.16. The van der Waals surface area contributed by atoms with Crippen molar-refractivity contribution in [1.82, 2.24) is 45.7 Å². The van der Waals surface area contributed by atoms with Crippen LogP contribution in [0, 0.1) is 29.6 Å². The number of hydrogen-bond acceptors (Lipinski definition) is 7. The van der Waals surface area contributed by atoms with Crippen molar-refractivity contribution in [2.45, 2.75) is 140 Å². The van der Waals surface area contributed by atoms with E-state index in [2.05, 4.69) is 96.6 Å². The van der Waals surface area contributed by atoms with Crippen molar-refractivity contribution in [3.63, 3.8) is 0 Å². The summed E-state index contributed by atoms with van der Waals surface area (Å²) in [5.41, 5.74) is 12.8. The number of aromatic nitrogens is 4. The molecule has 6 heterocycles. The van der Waals surface area contributed by atoms with Gasteiger partial charge in [-0.25, -0.2) is 9.97 Å². The number of amides is 2. The molecule has 2 aliphatic carbocycles. The maximum absolute atomic E-state index is 13.7. The van der Waals surface area contributed by atoms with E-state index in [0.29, 0.717) is 23.8 Å². The number of carbonyl (C=O) groups excluding carboxylic acids is 2. The molecule has 9 unspecified atom stereocenters. The maximum atomic E-state index is 13.7. The van der Waals surface area contributed by atoms with Gasteiger partial charge in [-0.05, 0) is 147 Å². The molecule has 1 saturated carbocycles. The molecule has 2 amide bonds. The number of imidazole rings is 2. The van der Waals surface area contributed by atoms with Crippen LogP contribution in [0.25, 0.3) is 22.4 Å². The Kier molecular flexibility index (Phi) is 10.9. The first-order valence-electron chi connectivity index (χ1n) is 23.7. The molecule has 0 radical (unpaired) electrons. The van der Waals surface area contributed by atoms with Crippen molar-refractivity contribution in [3.8, 4) is 34.2 Å². The van der Waals surface area contributed by atoms with E-state index in [0.717, 1.165) is 80.2 Å². The highest BCUT2D eigenvalue weighted by molar-refractivity contribution is 5.84. The summed E-state index contributed by atoms with van der Waals surface area (Å²) in [5, 5.41) is 10.6. The summed E-state index contributed by atoms with van der Waals surface area (Å²) in [6.45, 7) is 12.3. The average Bonchev–Trinajstić information content (AvgIpc) is 4.12. The normalized spacial score (nSPS) is 26.9. The zero-order chi connectivity index (χ0) is 43.0. The smallest absolute Gasteiger partial charge is 0.240 e. The molecule has 11 nitrogen and oxygen atoms in total. The number of hydrogen-bond donors (Lipinski definition) is 5. The number of aromatic amines is 2. The minimum absolute atomic E-state index is 0.0418. The Hall–Kier alpha value is -4.76. The third-order valence-corrected chi connectivity index (χ3v) is 15.5. The third kappa shape index (κ3) is 6.92. The lowest BCUT2D eigenvalue weighted by Crippen LogP contribution is -2.47. The van der Waals surface area contributed by atoms with Crippen LogP contribution >= 0.6 is 0 Å². The molecule has 326 valence electrons. The fourth-order valence-corrected chi connectivity index (χ4v) is 12.7. The number of nitrogens with zero attached hydrogens (tertiary/aromatic N) is 4. The lowest BCUT2D eigenvalue weighted by atomic mass is 9.80. The quantitative estimate of drug-likeness (QED) is 0.102. The summed E-state index contributed by atoms with van der Waals surface area (Å²) in [4.78, 5) is 48.3. The molecule has 4 aromatic rings. The molecule has 4 fully saturated rings. The van der Waals surface area contributed by atoms with E-state index in [-0.39, 0.29) is 53.9 Å². The van der Waals surface area contributed by atoms with E-state index in [4.69, 9.17) is 9.97 Å². The largest absolute Gasteiger partial charge is 0.340 e. The lowest BCUT2D eigenvalue weighted by Gasteiger charge is -2.29. The number of likely N-dealkylation sites (tertiary alicyclic amines) is 2. The van der Waals surface area contributed by atoms with Gasteiger partial charge in [0.25, 0.3) is 0 Å². The van der Waals surface area contributed by atoms with Crippen LogP contribution in [0.15, 0.2) is 36.7 Å². The molecule has 2 aromatic heterocycles. The number of piperidine rings is 1. The zero-order valence-corrected chi connectivity index (χ0v) is 37.7. The fourth-order valence-electron chi connectivity index (χ4n) is 12.7. The Balaban J connectivity index is 0.973. The van der Waals surface area contributed by atoms with Gasteiger partial charge in [-0.1, -0.05) is 58.7 Å². The van der Waals surface area contributed by atoms with Gasteiger partial charge in [0.15, 0.2) is 0 Å². The van der Waals surface area contributed by atoms with Gasteiger partial charge in [-0.3, -0.25) is 9.59 Å². The first-order valence-corrected chi connectivity index (χ1v) is 23.7. The van der Waals surface area contributed by atoms with Gasteiger partial charge in [-0.2, -0.15) is 0 Å². The van der Waals surface area contributed by atoms with Crippen LogP contribution in [0.2, 0.25) is 0 Å². The Morgan fingerprint density at radius 3 is 1.85 bits per heavy atom. The first kappa shape index (κ1) is 41.3. The van der Waals surface area contributed by atoms with Gasteiger partial charge in [0.1, 0.15) is 17.3 Å². The lowest BCUT2D eigenvalue weighted by molar-refractivity contribution is -0.136. The minimum atomic E-state index is -0.207. The number of rotatable bonds is 10. The second-order valence-corrected chi connectivity index (χ2v) is 20.0. The standard InChI is InChI=1S/C51H65N9O2/c1-27(2)46(52-6)50(61)59-20-8-10-40(59)48-54-25-33(56-48)16-14-30-15-17-34(43-32-13-12-31(24-32)42(30)43)35-18-19-36(45-38-23-29(5)22-37(57-38)44(35)45)39-26-55-49(58-39)41-11-9-21-60(41)51(62)47(53-7)28(3)4/h15,17-19,25-29,31-32,37-38,40-41,46-47,52-53,57H,8-13,20-24H2,1-7H3,(H,54,56)(H,55,58). The molecule has 4 bridgehead atoms. The molecule has 5 N–H and O–H groups in total. The van der Waals surface area contributed by atoms with Crippen LogP contribution in [0.5, 0.6) is 0 Å². The molecule has 10 rings (SSSR count).